The number of H-pyrrole nitrogens is 1. The van der Waals surface area contributed by atoms with Crippen LogP contribution in [0.3, 0.4) is 0 Å². The number of pyridine rings is 1. The Morgan fingerprint density at radius 1 is 0.854 bits per heavy atom. The largest absolute Gasteiger partial charge is 0.321 e. The lowest BCUT2D eigenvalue weighted by atomic mass is 9.86. The van der Waals surface area contributed by atoms with Crippen molar-refractivity contribution in [2.45, 2.75) is 78.6 Å². The van der Waals surface area contributed by atoms with E-state index in [1.807, 2.05) is 54.1 Å². The van der Waals surface area contributed by atoms with Gasteiger partial charge in [-0.25, -0.2) is 4.68 Å². The number of benzene rings is 3. The zero-order valence-corrected chi connectivity index (χ0v) is 25.1. The summed E-state index contributed by atoms with van der Waals surface area (Å²) in [5.74, 6) is 0.636. The first kappa shape index (κ1) is 28.4. The number of aromatic nitrogens is 5. The molecule has 5 aromatic rings. The van der Waals surface area contributed by atoms with Gasteiger partial charge in [0.05, 0.1) is 11.1 Å². The highest BCUT2D eigenvalue weighted by atomic mass is 16.1. The number of para-hydroxylation sites is 1. The first-order valence-electron chi connectivity index (χ1n) is 14.2. The lowest BCUT2D eigenvalue weighted by molar-refractivity contribution is 0.184. The van der Waals surface area contributed by atoms with Gasteiger partial charge in [0.15, 0.2) is 5.82 Å². The highest BCUT2D eigenvalue weighted by Gasteiger charge is 2.33. The Hall–Kier alpha value is -4.10. The molecule has 41 heavy (non-hydrogen) atoms. The third-order valence-corrected chi connectivity index (χ3v) is 7.58. The van der Waals surface area contributed by atoms with Crippen LogP contribution in [-0.4, -0.2) is 30.1 Å². The lowest BCUT2D eigenvalue weighted by Gasteiger charge is -2.33. The summed E-state index contributed by atoms with van der Waals surface area (Å²) in [6, 6.07) is 26.7. The van der Waals surface area contributed by atoms with E-state index in [2.05, 4.69) is 103 Å². The van der Waals surface area contributed by atoms with Crippen molar-refractivity contribution in [3.63, 3.8) is 0 Å². The average molecular weight is 549 g/mol. The molecule has 0 saturated heterocycles. The van der Waals surface area contributed by atoms with Gasteiger partial charge < -0.3 is 4.98 Å². The minimum atomic E-state index is -0.500. The molecule has 0 saturated carbocycles. The second kappa shape index (κ2) is 11.1. The zero-order chi connectivity index (χ0) is 29.4. The molecule has 0 bridgehead atoms. The van der Waals surface area contributed by atoms with Crippen molar-refractivity contribution in [3.8, 4) is 0 Å². The highest BCUT2D eigenvalue weighted by Crippen LogP contribution is 2.33. The molecule has 0 fully saturated rings. The molecular weight excluding hydrogens is 508 g/mol. The van der Waals surface area contributed by atoms with E-state index in [9.17, 15) is 4.79 Å². The molecule has 0 aliphatic rings. The predicted octanol–water partition coefficient (Wildman–Crippen LogP) is 6.67. The maximum atomic E-state index is 13.9. The number of nitrogens with one attached hydrogen (secondary N) is 1. The molecule has 1 N–H and O–H groups in total. The maximum absolute atomic E-state index is 13.9. The summed E-state index contributed by atoms with van der Waals surface area (Å²) in [6.45, 7) is 16.1. The molecule has 0 spiro atoms. The number of aryl methyl sites for hydroxylation is 1. The van der Waals surface area contributed by atoms with Gasteiger partial charge in [-0.15, -0.1) is 5.10 Å². The monoisotopic (exact) mass is 548 g/mol. The first-order chi connectivity index (χ1) is 19.4. The Morgan fingerprint density at radius 3 is 2.15 bits per heavy atom. The molecule has 3 aromatic carbocycles. The van der Waals surface area contributed by atoms with Gasteiger partial charge in [-0.1, -0.05) is 93.6 Å². The molecule has 0 radical (unpaired) electrons. The van der Waals surface area contributed by atoms with E-state index in [4.69, 9.17) is 0 Å². The van der Waals surface area contributed by atoms with E-state index in [0.717, 1.165) is 27.6 Å². The second-order valence-corrected chi connectivity index (χ2v) is 13.0. The minimum absolute atomic E-state index is 0.0656. The van der Waals surface area contributed by atoms with Crippen molar-refractivity contribution in [2.75, 3.05) is 0 Å². The number of nitrogens with zero attached hydrogens (tertiary/aromatic N) is 5. The normalized spacial score (nSPS) is 13.2. The van der Waals surface area contributed by atoms with Crippen LogP contribution in [0, 0.1) is 6.92 Å². The van der Waals surface area contributed by atoms with Gasteiger partial charge in [0, 0.05) is 18.7 Å². The van der Waals surface area contributed by atoms with Crippen LogP contribution in [0.2, 0.25) is 0 Å². The van der Waals surface area contributed by atoms with Crippen LogP contribution < -0.4 is 5.56 Å². The predicted molar refractivity (Wildman–Crippen MR) is 165 cm³/mol. The van der Waals surface area contributed by atoms with Crippen molar-refractivity contribution in [3.05, 3.63) is 123 Å². The van der Waals surface area contributed by atoms with Crippen LogP contribution in [0.4, 0.5) is 0 Å². The van der Waals surface area contributed by atoms with Gasteiger partial charge in [-0.3, -0.25) is 9.69 Å². The number of fused-ring (bicyclic) bond motifs is 1. The molecule has 0 amide bonds. The highest BCUT2D eigenvalue weighted by molar-refractivity contribution is 5.82. The van der Waals surface area contributed by atoms with Gasteiger partial charge in [-0.05, 0) is 77.2 Å². The van der Waals surface area contributed by atoms with Crippen LogP contribution in [-0.2, 0) is 24.0 Å². The number of aromatic amines is 1. The van der Waals surface area contributed by atoms with E-state index < -0.39 is 6.04 Å². The summed E-state index contributed by atoms with van der Waals surface area (Å²) >= 11 is 0. The summed E-state index contributed by atoms with van der Waals surface area (Å²) in [4.78, 5) is 19.4. The molecule has 2 heterocycles. The molecular formula is C34H40N6O. The standard InChI is InChI=1S/C34H40N6O/c1-23-12-11-15-26-20-28(32(41)35-29(23)26)30(31-36-37-38-40(31)34(5,6)7)39(21-24-13-9-8-10-14-24)22-25-16-18-27(19-17-25)33(2,3)4/h8-20,30H,21-22H2,1-7H3,(H,35,41)/t30-/m1/s1. The molecule has 0 unspecified atom stereocenters. The maximum Gasteiger partial charge on any atom is 0.253 e. The number of tetrazole rings is 1. The van der Waals surface area contributed by atoms with E-state index >= 15 is 0 Å². The molecule has 0 aliphatic heterocycles. The Kier molecular flexibility index (Phi) is 7.66. The summed E-state index contributed by atoms with van der Waals surface area (Å²) in [5, 5.41) is 14.0. The van der Waals surface area contributed by atoms with E-state index in [-0.39, 0.29) is 16.5 Å². The van der Waals surface area contributed by atoms with Crippen LogP contribution >= 0.6 is 0 Å². The third-order valence-electron chi connectivity index (χ3n) is 7.58. The van der Waals surface area contributed by atoms with E-state index in [1.165, 1.54) is 5.56 Å². The van der Waals surface area contributed by atoms with E-state index in [0.29, 0.717) is 24.5 Å². The van der Waals surface area contributed by atoms with Crippen molar-refractivity contribution < 1.29 is 0 Å². The smallest absolute Gasteiger partial charge is 0.253 e. The van der Waals surface area contributed by atoms with Crippen LogP contribution in [0.1, 0.15) is 81.2 Å². The van der Waals surface area contributed by atoms with Crippen molar-refractivity contribution in [2.24, 2.45) is 0 Å². The fraction of sp³-hybridized carbons (Fsp3) is 0.353. The lowest BCUT2D eigenvalue weighted by Crippen LogP contribution is -2.37. The molecule has 212 valence electrons. The fourth-order valence-electron chi connectivity index (χ4n) is 5.35. The Balaban J connectivity index is 1.70. The van der Waals surface area contributed by atoms with Gasteiger partial charge in [0.1, 0.15) is 6.04 Å². The fourth-order valence-corrected chi connectivity index (χ4v) is 5.35. The summed E-state index contributed by atoms with van der Waals surface area (Å²) in [5.41, 5.74) is 5.62. The summed E-state index contributed by atoms with van der Waals surface area (Å²) in [7, 11) is 0. The van der Waals surface area contributed by atoms with E-state index in [1.54, 1.807) is 0 Å². The van der Waals surface area contributed by atoms with Crippen molar-refractivity contribution in [1.29, 1.82) is 0 Å². The molecule has 7 heteroatoms. The average Bonchev–Trinajstić information content (AvgIpc) is 3.40. The SMILES string of the molecule is Cc1cccc2cc([C@H](c3nnnn3C(C)(C)C)N(Cc3ccccc3)Cc3ccc(C(C)(C)C)cc3)c(=O)[nH]c12. The zero-order valence-electron chi connectivity index (χ0n) is 25.1. The summed E-state index contributed by atoms with van der Waals surface area (Å²) in [6.07, 6.45) is 0. The Labute approximate surface area is 242 Å². The quantitative estimate of drug-likeness (QED) is 0.246. The number of hydrogen-bond acceptors (Lipinski definition) is 5. The van der Waals surface area contributed by atoms with Crippen LogP contribution in [0.5, 0.6) is 0 Å². The first-order valence-corrected chi connectivity index (χ1v) is 14.2. The van der Waals surface area contributed by atoms with Crippen molar-refractivity contribution >= 4 is 10.9 Å². The van der Waals surface area contributed by atoms with Crippen LogP contribution in [0.15, 0.2) is 83.7 Å². The van der Waals surface area contributed by atoms with Gasteiger partial charge in [0.25, 0.3) is 5.56 Å². The third kappa shape index (κ3) is 6.15. The molecule has 5 rings (SSSR count). The number of hydrogen-bond donors (Lipinski definition) is 1. The van der Waals surface area contributed by atoms with Gasteiger partial charge >= 0.3 is 0 Å². The topological polar surface area (TPSA) is 79.7 Å². The number of rotatable bonds is 7. The van der Waals surface area contributed by atoms with Crippen molar-refractivity contribution in [1.82, 2.24) is 30.1 Å². The van der Waals surface area contributed by atoms with Crippen LogP contribution in [0.25, 0.3) is 10.9 Å². The molecule has 1 atom stereocenters. The second-order valence-electron chi connectivity index (χ2n) is 13.0. The summed E-state index contributed by atoms with van der Waals surface area (Å²) < 4.78 is 1.85. The molecule has 2 aromatic heterocycles. The molecule has 7 nitrogen and oxygen atoms in total. The van der Waals surface area contributed by atoms with Gasteiger partial charge in [0.2, 0.25) is 0 Å². The Bertz CT molecular complexity index is 1690. The Morgan fingerprint density at radius 2 is 1.51 bits per heavy atom. The molecule has 0 aliphatic carbocycles. The van der Waals surface area contributed by atoms with Gasteiger partial charge in [-0.2, -0.15) is 0 Å². The minimum Gasteiger partial charge on any atom is -0.321 e.